The normalized spacial score (nSPS) is 24.6. The standard InChI is InChI=1S/C23H17Cl2I/c1-23(2)18-5-3-4-14-17-10-12(24)6-8-15(17)22(26)21(20(14)18)16-9-7-13(25)11-19(16)23/h3-11,18,20H,1-2H3. The number of hydrogen-bond acceptors (Lipinski definition) is 0. The lowest BCUT2D eigenvalue weighted by molar-refractivity contribution is 0.335. The largest absolute Gasteiger partial charge is 0.0843 e. The van der Waals surface area contributed by atoms with E-state index in [2.05, 4.69) is 78.9 Å². The van der Waals surface area contributed by atoms with Crippen molar-refractivity contribution in [1.29, 1.82) is 0 Å². The van der Waals surface area contributed by atoms with E-state index in [1.165, 1.54) is 37.0 Å². The molecule has 0 aliphatic heterocycles. The lowest BCUT2D eigenvalue weighted by Gasteiger charge is -2.49. The van der Waals surface area contributed by atoms with Crippen molar-refractivity contribution in [1.82, 2.24) is 0 Å². The molecule has 0 N–H and O–H groups in total. The summed E-state index contributed by atoms with van der Waals surface area (Å²) in [6, 6.07) is 12.7. The van der Waals surface area contributed by atoms with Crippen LogP contribution >= 0.6 is 45.8 Å². The van der Waals surface area contributed by atoms with E-state index in [4.69, 9.17) is 23.2 Å². The second-order valence-corrected chi connectivity index (χ2v) is 9.79. The molecule has 2 aromatic carbocycles. The van der Waals surface area contributed by atoms with Gasteiger partial charge in [0, 0.05) is 19.5 Å². The summed E-state index contributed by atoms with van der Waals surface area (Å²) in [5.74, 6) is 0.766. The van der Waals surface area contributed by atoms with Crippen LogP contribution in [0, 0.1) is 11.8 Å². The Labute approximate surface area is 177 Å². The minimum atomic E-state index is 0.0113. The van der Waals surface area contributed by atoms with Gasteiger partial charge in [0.2, 0.25) is 0 Å². The van der Waals surface area contributed by atoms with Gasteiger partial charge in [-0.05, 0) is 91.6 Å². The summed E-state index contributed by atoms with van der Waals surface area (Å²) in [4.78, 5) is 0. The summed E-state index contributed by atoms with van der Waals surface area (Å²) >= 11 is 15.3. The van der Waals surface area contributed by atoms with Crippen molar-refractivity contribution in [2.75, 3.05) is 0 Å². The van der Waals surface area contributed by atoms with Crippen molar-refractivity contribution in [2.45, 2.75) is 19.3 Å². The van der Waals surface area contributed by atoms with Gasteiger partial charge < -0.3 is 0 Å². The van der Waals surface area contributed by atoms with Crippen molar-refractivity contribution < 1.29 is 0 Å². The van der Waals surface area contributed by atoms with Gasteiger partial charge in [0.15, 0.2) is 0 Å². The third-order valence-corrected chi connectivity index (χ3v) is 7.80. The maximum absolute atomic E-state index is 6.39. The molecular weight excluding hydrogens is 474 g/mol. The van der Waals surface area contributed by atoms with Crippen LogP contribution in [0.2, 0.25) is 10.0 Å². The maximum Gasteiger partial charge on any atom is 0.0412 e. The van der Waals surface area contributed by atoms with Crippen LogP contribution < -0.4 is 0 Å². The Bertz CT molecular complexity index is 1060. The molecule has 3 aliphatic carbocycles. The van der Waals surface area contributed by atoms with E-state index in [1.807, 2.05) is 12.1 Å². The zero-order chi connectivity index (χ0) is 18.2. The van der Waals surface area contributed by atoms with Crippen LogP contribution in [-0.4, -0.2) is 0 Å². The monoisotopic (exact) mass is 490 g/mol. The summed E-state index contributed by atoms with van der Waals surface area (Å²) in [7, 11) is 0. The first-order chi connectivity index (χ1) is 12.4. The molecule has 0 saturated heterocycles. The van der Waals surface area contributed by atoms with E-state index in [1.54, 1.807) is 0 Å². The first-order valence-electron chi connectivity index (χ1n) is 8.78. The fraction of sp³-hybridized carbons (Fsp3) is 0.217. The predicted octanol–water partition coefficient (Wildman–Crippen LogP) is 7.79. The van der Waals surface area contributed by atoms with Crippen LogP contribution in [0.3, 0.4) is 0 Å². The quantitative estimate of drug-likeness (QED) is 0.330. The summed E-state index contributed by atoms with van der Waals surface area (Å²) < 4.78 is 1.33. The predicted molar refractivity (Wildman–Crippen MR) is 121 cm³/mol. The molecule has 0 heterocycles. The molecule has 2 aromatic rings. The number of hydrogen-bond donors (Lipinski definition) is 0. The molecule has 5 rings (SSSR count). The Balaban J connectivity index is 1.92. The van der Waals surface area contributed by atoms with Gasteiger partial charge >= 0.3 is 0 Å². The van der Waals surface area contributed by atoms with Gasteiger partial charge in [0.1, 0.15) is 0 Å². The first kappa shape index (κ1) is 17.1. The zero-order valence-electron chi connectivity index (χ0n) is 14.5. The Morgan fingerprint density at radius 2 is 1.62 bits per heavy atom. The SMILES string of the molecule is CC1(C)c2cc(Cl)ccc2C2=C(I)c3ccc(Cl)cc3C3=CC=CC1C32. The molecule has 0 bridgehead atoms. The highest BCUT2D eigenvalue weighted by Gasteiger charge is 2.48. The zero-order valence-corrected chi connectivity index (χ0v) is 18.2. The minimum absolute atomic E-state index is 0.0113. The maximum atomic E-state index is 6.39. The van der Waals surface area contributed by atoms with Crippen LogP contribution in [0.1, 0.15) is 36.1 Å². The van der Waals surface area contributed by atoms with Gasteiger partial charge in [-0.1, -0.05) is 67.4 Å². The molecule has 130 valence electrons. The third kappa shape index (κ3) is 2.20. The minimum Gasteiger partial charge on any atom is -0.0843 e. The van der Waals surface area contributed by atoms with E-state index in [0.29, 0.717) is 11.8 Å². The van der Waals surface area contributed by atoms with Gasteiger partial charge in [-0.3, -0.25) is 0 Å². The molecule has 0 saturated carbocycles. The molecule has 0 spiro atoms. The van der Waals surface area contributed by atoms with E-state index >= 15 is 0 Å². The van der Waals surface area contributed by atoms with Crippen molar-refractivity contribution in [3.8, 4) is 0 Å². The Kier molecular flexibility index (Phi) is 3.77. The molecule has 3 heteroatoms. The molecule has 2 unspecified atom stereocenters. The molecule has 0 nitrogen and oxygen atoms in total. The highest BCUT2D eigenvalue weighted by molar-refractivity contribution is 14.1. The van der Waals surface area contributed by atoms with Crippen LogP contribution in [0.25, 0.3) is 14.7 Å². The van der Waals surface area contributed by atoms with Crippen molar-refractivity contribution in [3.63, 3.8) is 0 Å². The van der Waals surface area contributed by atoms with Gasteiger partial charge in [-0.2, -0.15) is 0 Å². The molecule has 0 radical (unpaired) electrons. The van der Waals surface area contributed by atoms with Gasteiger partial charge in [-0.25, -0.2) is 0 Å². The first-order valence-corrected chi connectivity index (χ1v) is 10.6. The van der Waals surface area contributed by atoms with Crippen LogP contribution in [0.4, 0.5) is 0 Å². The van der Waals surface area contributed by atoms with E-state index in [9.17, 15) is 0 Å². The smallest absolute Gasteiger partial charge is 0.0412 e. The summed E-state index contributed by atoms with van der Waals surface area (Å²) in [5.41, 5.74) is 8.08. The van der Waals surface area contributed by atoms with E-state index in [-0.39, 0.29) is 5.41 Å². The average molecular weight is 491 g/mol. The van der Waals surface area contributed by atoms with Crippen molar-refractivity contribution >= 4 is 60.5 Å². The highest BCUT2D eigenvalue weighted by Crippen LogP contribution is 2.61. The van der Waals surface area contributed by atoms with Gasteiger partial charge in [0.25, 0.3) is 0 Å². The number of fused-ring (bicyclic) bond motifs is 4. The second-order valence-electron chi connectivity index (χ2n) is 7.84. The third-order valence-electron chi connectivity index (χ3n) is 6.16. The van der Waals surface area contributed by atoms with Crippen molar-refractivity contribution in [2.24, 2.45) is 11.8 Å². The van der Waals surface area contributed by atoms with Gasteiger partial charge in [-0.15, -0.1) is 0 Å². The fourth-order valence-electron chi connectivity index (χ4n) is 4.91. The van der Waals surface area contributed by atoms with Crippen LogP contribution in [0.5, 0.6) is 0 Å². The lowest BCUT2D eigenvalue weighted by atomic mass is 9.54. The highest BCUT2D eigenvalue weighted by atomic mass is 127. The average Bonchev–Trinajstić information content (AvgIpc) is 2.61. The second kappa shape index (κ2) is 5.73. The number of halogens is 3. The molecule has 0 fully saturated rings. The molecule has 26 heavy (non-hydrogen) atoms. The Hall–Kier alpha value is -1.03. The van der Waals surface area contributed by atoms with Crippen LogP contribution in [-0.2, 0) is 5.41 Å². The topological polar surface area (TPSA) is 0 Å². The molecule has 0 aromatic heterocycles. The van der Waals surface area contributed by atoms with Crippen molar-refractivity contribution in [3.05, 3.63) is 86.9 Å². The molecule has 2 atom stereocenters. The number of rotatable bonds is 0. The van der Waals surface area contributed by atoms with E-state index < -0.39 is 0 Å². The summed E-state index contributed by atoms with van der Waals surface area (Å²) in [5, 5.41) is 1.61. The fourth-order valence-corrected chi connectivity index (χ4v) is 6.36. The lowest BCUT2D eigenvalue weighted by Crippen LogP contribution is -2.41. The number of benzene rings is 2. The van der Waals surface area contributed by atoms with E-state index in [0.717, 1.165) is 10.0 Å². The molecule has 3 aliphatic rings. The molecule has 0 amide bonds. The summed E-state index contributed by atoms with van der Waals surface area (Å²) in [6.07, 6.45) is 6.86. The summed E-state index contributed by atoms with van der Waals surface area (Å²) in [6.45, 7) is 4.69. The van der Waals surface area contributed by atoms with Crippen LogP contribution in [0.15, 0.2) is 54.6 Å². The Morgan fingerprint density at radius 1 is 0.923 bits per heavy atom. The Morgan fingerprint density at radius 3 is 2.38 bits per heavy atom. The number of allylic oxidation sites excluding steroid dienone is 5. The van der Waals surface area contributed by atoms with Gasteiger partial charge in [0.05, 0.1) is 0 Å². The molecular formula is C23H17Cl2I.